The van der Waals surface area contributed by atoms with Crippen LogP contribution < -0.4 is 0 Å². The molecule has 0 saturated carbocycles. The lowest BCUT2D eigenvalue weighted by atomic mass is 9.92. The summed E-state index contributed by atoms with van der Waals surface area (Å²) in [6.45, 7) is 4.96. The number of piperidine rings is 1. The fourth-order valence-electron chi connectivity index (χ4n) is 4.59. The van der Waals surface area contributed by atoms with Crippen molar-refractivity contribution in [2.75, 3.05) is 19.6 Å². The highest BCUT2D eigenvalue weighted by atomic mass is 16.4. The minimum Gasteiger partial charge on any atom is -0.481 e. The Morgan fingerprint density at radius 3 is 2.54 bits per heavy atom. The Labute approximate surface area is 167 Å². The molecule has 2 aromatic rings. The van der Waals surface area contributed by atoms with E-state index < -0.39 is 5.97 Å². The first-order valence-electron chi connectivity index (χ1n) is 10.5. The van der Waals surface area contributed by atoms with Crippen LogP contribution in [0.3, 0.4) is 0 Å². The number of fused-ring (bicyclic) bond motifs is 2. The maximum absolute atomic E-state index is 11.1. The fraction of sp³-hybridized carbons (Fsp3) is 0.400. The van der Waals surface area contributed by atoms with E-state index in [1.54, 1.807) is 0 Å². The molecule has 0 amide bonds. The van der Waals surface area contributed by atoms with Crippen LogP contribution in [0.4, 0.5) is 0 Å². The maximum Gasteiger partial charge on any atom is 0.306 e. The number of carboxylic acids is 1. The van der Waals surface area contributed by atoms with Crippen molar-refractivity contribution >= 4 is 11.5 Å². The van der Waals surface area contributed by atoms with E-state index in [4.69, 9.17) is 0 Å². The summed E-state index contributed by atoms with van der Waals surface area (Å²) in [5, 5.41) is 9.18. The summed E-state index contributed by atoms with van der Waals surface area (Å²) in [4.78, 5) is 13.6. The molecule has 1 N–H and O–H groups in total. The smallest absolute Gasteiger partial charge is 0.306 e. The molecule has 1 aliphatic heterocycles. The van der Waals surface area contributed by atoms with Gasteiger partial charge in [-0.3, -0.25) is 4.79 Å². The van der Waals surface area contributed by atoms with Gasteiger partial charge >= 0.3 is 5.97 Å². The molecule has 3 heteroatoms. The van der Waals surface area contributed by atoms with Crippen LogP contribution >= 0.6 is 0 Å². The van der Waals surface area contributed by atoms with E-state index >= 15 is 0 Å². The molecular weight excluding hydrogens is 346 g/mol. The van der Waals surface area contributed by atoms with Crippen molar-refractivity contribution in [1.82, 2.24) is 4.90 Å². The molecule has 2 aliphatic rings. The van der Waals surface area contributed by atoms with Crippen LogP contribution in [-0.2, 0) is 17.6 Å². The van der Waals surface area contributed by atoms with Gasteiger partial charge in [-0.25, -0.2) is 0 Å². The molecular formula is C25H29NO2. The summed E-state index contributed by atoms with van der Waals surface area (Å²) < 4.78 is 0. The largest absolute Gasteiger partial charge is 0.481 e. The highest BCUT2D eigenvalue weighted by molar-refractivity contribution is 5.84. The van der Waals surface area contributed by atoms with E-state index in [9.17, 15) is 9.90 Å². The number of hydrogen-bond acceptors (Lipinski definition) is 2. The Morgan fingerprint density at radius 1 is 1.07 bits per heavy atom. The van der Waals surface area contributed by atoms with Gasteiger partial charge < -0.3 is 10.0 Å². The minimum atomic E-state index is -0.635. The summed E-state index contributed by atoms with van der Waals surface area (Å²) in [7, 11) is 0. The average Bonchev–Trinajstić information content (AvgIpc) is 2.85. The number of nitrogens with zero attached hydrogens (tertiary/aromatic N) is 1. The third-order valence-electron chi connectivity index (χ3n) is 6.26. The number of hydrogen-bond donors (Lipinski definition) is 1. The summed E-state index contributed by atoms with van der Waals surface area (Å²) in [5.41, 5.74) is 8.30. The predicted molar refractivity (Wildman–Crippen MR) is 114 cm³/mol. The van der Waals surface area contributed by atoms with Crippen molar-refractivity contribution < 1.29 is 9.90 Å². The normalized spacial score (nSPS) is 19.1. The number of carboxylic acid groups (broad SMARTS) is 1. The molecule has 0 bridgehead atoms. The number of aliphatic carboxylic acids is 1. The maximum atomic E-state index is 11.1. The van der Waals surface area contributed by atoms with Crippen LogP contribution in [0.1, 0.15) is 47.1 Å². The van der Waals surface area contributed by atoms with E-state index in [-0.39, 0.29) is 5.92 Å². The third-order valence-corrected chi connectivity index (χ3v) is 6.26. The van der Waals surface area contributed by atoms with E-state index in [2.05, 4.69) is 60.4 Å². The molecule has 1 aliphatic carbocycles. The van der Waals surface area contributed by atoms with Crippen LogP contribution in [-0.4, -0.2) is 35.6 Å². The Morgan fingerprint density at radius 2 is 1.79 bits per heavy atom. The van der Waals surface area contributed by atoms with Crippen LogP contribution in [0.2, 0.25) is 0 Å². The average molecular weight is 376 g/mol. The lowest BCUT2D eigenvalue weighted by molar-refractivity contribution is -0.143. The molecule has 0 aromatic heterocycles. The van der Waals surface area contributed by atoms with Gasteiger partial charge in [0.15, 0.2) is 0 Å². The van der Waals surface area contributed by atoms with Gasteiger partial charge in [-0.1, -0.05) is 54.1 Å². The molecule has 28 heavy (non-hydrogen) atoms. The molecule has 0 unspecified atom stereocenters. The Kier molecular flexibility index (Phi) is 5.63. The zero-order chi connectivity index (χ0) is 19.5. The second-order valence-electron chi connectivity index (χ2n) is 8.18. The Balaban J connectivity index is 1.55. The van der Waals surface area contributed by atoms with Crippen LogP contribution in [0.25, 0.3) is 5.57 Å². The van der Waals surface area contributed by atoms with Gasteiger partial charge in [0.05, 0.1) is 5.92 Å². The molecule has 3 nitrogen and oxygen atoms in total. The Bertz CT molecular complexity index is 891. The highest BCUT2D eigenvalue weighted by Gasteiger charge is 2.24. The molecule has 1 fully saturated rings. The van der Waals surface area contributed by atoms with Gasteiger partial charge in [0, 0.05) is 6.54 Å². The molecule has 0 spiro atoms. The third kappa shape index (κ3) is 4.05. The van der Waals surface area contributed by atoms with Gasteiger partial charge in [-0.15, -0.1) is 0 Å². The van der Waals surface area contributed by atoms with E-state index in [1.165, 1.54) is 33.4 Å². The van der Waals surface area contributed by atoms with Crippen LogP contribution in [0.5, 0.6) is 0 Å². The van der Waals surface area contributed by atoms with Crippen molar-refractivity contribution in [3.63, 3.8) is 0 Å². The summed E-state index contributed by atoms with van der Waals surface area (Å²) in [5.74, 6) is -0.790. The van der Waals surface area contributed by atoms with Gasteiger partial charge in [-0.2, -0.15) is 0 Å². The number of benzene rings is 2. The van der Waals surface area contributed by atoms with Crippen LogP contribution in [0.15, 0.2) is 48.5 Å². The first kappa shape index (κ1) is 18.9. The molecule has 0 radical (unpaired) electrons. The van der Waals surface area contributed by atoms with Gasteiger partial charge in [0.2, 0.25) is 0 Å². The highest BCUT2D eigenvalue weighted by Crippen LogP contribution is 2.34. The standard InChI is InChI=1S/C25H29NO2/c1-18-8-9-20-11-10-19-5-2-3-6-22(19)23(24(20)17-18)7-4-14-26-15-12-21(13-16-26)25(27)28/h2-3,5-9,17,21H,4,10-16H2,1H3,(H,27,28). The number of rotatable bonds is 4. The van der Waals surface area contributed by atoms with E-state index in [0.29, 0.717) is 0 Å². The molecule has 1 heterocycles. The Hall–Kier alpha value is -2.39. The SMILES string of the molecule is Cc1ccc2c(c1)C(=CCCN1CCC(C(=O)O)CC1)c1ccccc1CC2. The minimum absolute atomic E-state index is 0.154. The number of aryl methyl sites for hydroxylation is 3. The van der Waals surface area contributed by atoms with Gasteiger partial charge in [-0.05, 0) is 79.9 Å². The lowest BCUT2D eigenvalue weighted by Crippen LogP contribution is -2.36. The monoisotopic (exact) mass is 375 g/mol. The summed E-state index contributed by atoms with van der Waals surface area (Å²) in [6.07, 6.45) is 7.13. The van der Waals surface area contributed by atoms with Crippen molar-refractivity contribution in [2.24, 2.45) is 5.92 Å². The summed E-state index contributed by atoms with van der Waals surface area (Å²) in [6, 6.07) is 15.7. The first-order chi connectivity index (χ1) is 13.6. The lowest BCUT2D eigenvalue weighted by Gasteiger charge is -2.29. The first-order valence-corrected chi connectivity index (χ1v) is 10.5. The molecule has 0 atom stereocenters. The molecule has 2 aromatic carbocycles. The van der Waals surface area contributed by atoms with E-state index in [1.807, 2.05) is 0 Å². The van der Waals surface area contributed by atoms with Gasteiger partial charge in [0.25, 0.3) is 0 Å². The predicted octanol–water partition coefficient (Wildman–Crippen LogP) is 4.71. The van der Waals surface area contributed by atoms with Crippen molar-refractivity contribution in [3.8, 4) is 0 Å². The summed E-state index contributed by atoms with van der Waals surface area (Å²) >= 11 is 0. The number of carbonyl (C=O) groups is 1. The van der Waals surface area contributed by atoms with Crippen molar-refractivity contribution in [2.45, 2.75) is 39.0 Å². The molecule has 4 rings (SSSR count). The molecule has 1 saturated heterocycles. The zero-order valence-electron chi connectivity index (χ0n) is 16.7. The van der Waals surface area contributed by atoms with Crippen molar-refractivity contribution in [1.29, 1.82) is 0 Å². The number of likely N-dealkylation sites (tertiary alicyclic amines) is 1. The second-order valence-corrected chi connectivity index (χ2v) is 8.18. The molecule has 146 valence electrons. The van der Waals surface area contributed by atoms with Crippen molar-refractivity contribution in [3.05, 3.63) is 76.4 Å². The second kappa shape index (κ2) is 8.32. The quantitative estimate of drug-likeness (QED) is 0.841. The zero-order valence-corrected chi connectivity index (χ0v) is 16.7. The van der Waals surface area contributed by atoms with Crippen LogP contribution in [0, 0.1) is 12.8 Å². The topological polar surface area (TPSA) is 40.5 Å². The van der Waals surface area contributed by atoms with E-state index in [0.717, 1.165) is 51.7 Å². The fourth-order valence-corrected chi connectivity index (χ4v) is 4.59. The van der Waals surface area contributed by atoms with Gasteiger partial charge in [0.1, 0.15) is 0 Å².